The Balaban J connectivity index is 1.42. The van der Waals surface area contributed by atoms with Crippen LogP contribution in [0.5, 0.6) is 5.75 Å². The van der Waals surface area contributed by atoms with Gasteiger partial charge in [-0.2, -0.15) is 0 Å². The average molecular weight is 392 g/mol. The van der Waals surface area contributed by atoms with Gasteiger partial charge in [-0.1, -0.05) is 23.3 Å². The SMILES string of the molecule is CCOc1ccc(N2C[C@H](c3nnc(NC(=O)c4ccccc4)o3)CC2=O)cc1. The van der Waals surface area contributed by atoms with Crippen LogP contribution in [0, 0.1) is 0 Å². The number of hydrogen-bond acceptors (Lipinski definition) is 6. The molecule has 0 aliphatic carbocycles. The number of ether oxygens (including phenoxy) is 1. The summed E-state index contributed by atoms with van der Waals surface area (Å²) in [4.78, 5) is 26.4. The van der Waals surface area contributed by atoms with Crippen molar-refractivity contribution in [3.63, 3.8) is 0 Å². The lowest BCUT2D eigenvalue weighted by Crippen LogP contribution is -2.24. The summed E-state index contributed by atoms with van der Waals surface area (Å²) in [6, 6.07) is 16.1. The van der Waals surface area contributed by atoms with Crippen LogP contribution in [0.25, 0.3) is 0 Å². The van der Waals surface area contributed by atoms with Crippen molar-refractivity contribution in [2.24, 2.45) is 0 Å². The van der Waals surface area contributed by atoms with E-state index in [0.717, 1.165) is 11.4 Å². The topological polar surface area (TPSA) is 97.6 Å². The van der Waals surface area contributed by atoms with E-state index in [2.05, 4.69) is 15.5 Å². The highest BCUT2D eigenvalue weighted by Gasteiger charge is 2.35. The third kappa shape index (κ3) is 4.11. The van der Waals surface area contributed by atoms with E-state index in [1.807, 2.05) is 37.3 Å². The van der Waals surface area contributed by atoms with E-state index in [-0.39, 0.29) is 30.2 Å². The second kappa shape index (κ2) is 8.14. The van der Waals surface area contributed by atoms with Crippen molar-refractivity contribution < 1.29 is 18.7 Å². The molecule has 8 nitrogen and oxygen atoms in total. The fraction of sp³-hybridized carbons (Fsp3) is 0.238. The third-order valence-corrected chi connectivity index (χ3v) is 4.63. The Morgan fingerprint density at radius 3 is 2.66 bits per heavy atom. The molecule has 0 saturated carbocycles. The van der Waals surface area contributed by atoms with Crippen LogP contribution in [0.2, 0.25) is 0 Å². The standard InChI is InChI=1S/C21H20N4O4/c1-2-28-17-10-8-16(9-11-17)25-13-15(12-18(25)26)20-23-24-21(29-20)22-19(27)14-6-4-3-5-7-14/h3-11,15H,2,12-13H2,1H3,(H,22,24,27)/t15-/m1/s1. The third-order valence-electron chi connectivity index (χ3n) is 4.63. The summed E-state index contributed by atoms with van der Waals surface area (Å²) in [6.07, 6.45) is 0.265. The van der Waals surface area contributed by atoms with Gasteiger partial charge in [-0.25, -0.2) is 0 Å². The molecular formula is C21H20N4O4. The number of rotatable bonds is 6. The highest BCUT2D eigenvalue weighted by atomic mass is 16.5. The smallest absolute Gasteiger partial charge is 0.322 e. The van der Waals surface area contributed by atoms with E-state index in [9.17, 15) is 9.59 Å². The van der Waals surface area contributed by atoms with Crippen molar-refractivity contribution in [2.75, 3.05) is 23.4 Å². The maximum Gasteiger partial charge on any atom is 0.322 e. The molecule has 3 aromatic rings. The molecule has 1 fully saturated rings. The first-order valence-electron chi connectivity index (χ1n) is 9.37. The molecule has 1 aliphatic heterocycles. The van der Waals surface area contributed by atoms with Crippen molar-refractivity contribution in [3.8, 4) is 5.75 Å². The van der Waals surface area contributed by atoms with Gasteiger partial charge in [-0.05, 0) is 43.3 Å². The van der Waals surface area contributed by atoms with Crippen molar-refractivity contribution in [2.45, 2.75) is 19.3 Å². The van der Waals surface area contributed by atoms with Gasteiger partial charge < -0.3 is 14.1 Å². The Bertz CT molecular complexity index is 1000. The van der Waals surface area contributed by atoms with Crippen LogP contribution in [0.3, 0.4) is 0 Å². The van der Waals surface area contributed by atoms with Gasteiger partial charge in [0.15, 0.2) is 0 Å². The number of aromatic nitrogens is 2. The Kier molecular flexibility index (Phi) is 5.24. The molecular weight excluding hydrogens is 372 g/mol. The van der Waals surface area contributed by atoms with Crippen molar-refractivity contribution in [3.05, 3.63) is 66.1 Å². The van der Waals surface area contributed by atoms with E-state index in [1.165, 1.54) is 0 Å². The molecule has 0 unspecified atom stereocenters. The zero-order chi connectivity index (χ0) is 20.2. The number of anilines is 2. The molecule has 1 aromatic heterocycles. The second-order valence-electron chi connectivity index (χ2n) is 6.60. The molecule has 2 amide bonds. The number of benzene rings is 2. The largest absolute Gasteiger partial charge is 0.494 e. The normalized spacial score (nSPS) is 16.1. The number of hydrogen-bond donors (Lipinski definition) is 1. The van der Waals surface area contributed by atoms with Gasteiger partial charge in [-0.15, -0.1) is 5.10 Å². The Morgan fingerprint density at radius 2 is 1.93 bits per heavy atom. The van der Waals surface area contributed by atoms with Gasteiger partial charge in [0.1, 0.15) is 5.75 Å². The second-order valence-corrected chi connectivity index (χ2v) is 6.60. The van der Waals surface area contributed by atoms with Crippen LogP contribution in [0.4, 0.5) is 11.7 Å². The minimum atomic E-state index is -0.334. The maximum atomic E-state index is 12.5. The number of nitrogens with zero attached hydrogens (tertiary/aromatic N) is 3. The number of amides is 2. The fourth-order valence-electron chi connectivity index (χ4n) is 3.22. The molecule has 0 radical (unpaired) electrons. The van der Waals surface area contributed by atoms with Gasteiger partial charge in [0.25, 0.3) is 5.91 Å². The summed E-state index contributed by atoms with van der Waals surface area (Å²) in [5.41, 5.74) is 1.28. The summed E-state index contributed by atoms with van der Waals surface area (Å²) in [6.45, 7) is 2.94. The van der Waals surface area contributed by atoms with Gasteiger partial charge in [0.05, 0.1) is 12.5 Å². The molecule has 148 valence electrons. The van der Waals surface area contributed by atoms with Gasteiger partial charge in [0.2, 0.25) is 11.8 Å². The molecule has 1 atom stereocenters. The first-order chi connectivity index (χ1) is 14.1. The molecule has 0 bridgehead atoms. The lowest BCUT2D eigenvalue weighted by Gasteiger charge is -2.16. The van der Waals surface area contributed by atoms with Crippen molar-refractivity contribution in [1.82, 2.24) is 10.2 Å². The zero-order valence-electron chi connectivity index (χ0n) is 15.9. The fourth-order valence-corrected chi connectivity index (χ4v) is 3.22. The first-order valence-corrected chi connectivity index (χ1v) is 9.37. The molecule has 2 heterocycles. The Labute approximate surface area is 167 Å². The van der Waals surface area contributed by atoms with Crippen LogP contribution in [-0.4, -0.2) is 35.2 Å². The van der Waals surface area contributed by atoms with Crippen LogP contribution in [-0.2, 0) is 4.79 Å². The molecule has 8 heteroatoms. The number of carbonyl (C=O) groups excluding carboxylic acids is 2. The maximum absolute atomic E-state index is 12.5. The first kappa shape index (κ1) is 18.7. The van der Waals surface area contributed by atoms with Gasteiger partial charge in [0, 0.05) is 24.2 Å². The van der Waals surface area contributed by atoms with Crippen LogP contribution < -0.4 is 15.0 Å². The Hall–Kier alpha value is -3.68. The van der Waals surface area contributed by atoms with Crippen molar-refractivity contribution in [1.29, 1.82) is 0 Å². The van der Waals surface area contributed by atoms with E-state index in [0.29, 0.717) is 24.6 Å². The lowest BCUT2D eigenvalue weighted by molar-refractivity contribution is -0.117. The van der Waals surface area contributed by atoms with Gasteiger partial charge >= 0.3 is 6.01 Å². The summed E-state index contributed by atoms with van der Waals surface area (Å²) in [5.74, 6) is 0.501. The van der Waals surface area contributed by atoms with Gasteiger partial charge in [-0.3, -0.25) is 14.9 Å². The van der Waals surface area contributed by atoms with Crippen molar-refractivity contribution >= 4 is 23.5 Å². The molecule has 0 spiro atoms. The van der Waals surface area contributed by atoms with E-state index >= 15 is 0 Å². The quantitative estimate of drug-likeness (QED) is 0.692. The number of carbonyl (C=O) groups is 2. The highest BCUT2D eigenvalue weighted by Crippen LogP contribution is 2.32. The van der Waals surface area contributed by atoms with E-state index < -0.39 is 0 Å². The van der Waals surface area contributed by atoms with E-state index in [1.54, 1.807) is 29.2 Å². The summed E-state index contributed by atoms with van der Waals surface area (Å²) < 4.78 is 11.0. The molecule has 1 saturated heterocycles. The summed E-state index contributed by atoms with van der Waals surface area (Å²) in [7, 11) is 0. The summed E-state index contributed by atoms with van der Waals surface area (Å²) >= 11 is 0. The van der Waals surface area contributed by atoms with Crippen LogP contribution in [0.1, 0.15) is 35.5 Å². The lowest BCUT2D eigenvalue weighted by atomic mass is 10.1. The van der Waals surface area contributed by atoms with Crippen LogP contribution in [0.15, 0.2) is 59.0 Å². The van der Waals surface area contributed by atoms with E-state index in [4.69, 9.17) is 9.15 Å². The molecule has 2 aromatic carbocycles. The predicted octanol–water partition coefficient (Wildman–Crippen LogP) is 3.24. The predicted molar refractivity (Wildman–Crippen MR) is 106 cm³/mol. The molecule has 1 aliphatic rings. The Morgan fingerprint density at radius 1 is 1.17 bits per heavy atom. The zero-order valence-corrected chi connectivity index (χ0v) is 15.9. The number of nitrogens with one attached hydrogen (secondary N) is 1. The minimum Gasteiger partial charge on any atom is -0.494 e. The highest BCUT2D eigenvalue weighted by molar-refractivity contribution is 6.03. The minimum absolute atomic E-state index is 0.0146. The molecule has 29 heavy (non-hydrogen) atoms. The monoisotopic (exact) mass is 392 g/mol. The summed E-state index contributed by atoms with van der Waals surface area (Å²) in [5, 5.41) is 10.5. The van der Waals surface area contributed by atoms with Crippen LogP contribution >= 0.6 is 0 Å². The molecule has 4 rings (SSSR count). The molecule has 1 N–H and O–H groups in total. The average Bonchev–Trinajstić information content (AvgIpc) is 3.36.